The lowest BCUT2D eigenvalue weighted by molar-refractivity contribution is -0.139. The van der Waals surface area contributed by atoms with E-state index in [4.69, 9.17) is 9.84 Å². The Labute approximate surface area is 124 Å². The van der Waals surface area contributed by atoms with Crippen LogP contribution in [0.2, 0.25) is 0 Å². The van der Waals surface area contributed by atoms with E-state index in [1.54, 1.807) is 0 Å². The molecule has 0 aliphatic heterocycles. The quantitative estimate of drug-likeness (QED) is 0.403. The Morgan fingerprint density at radius 1 is 1.19 bits per heavy atom. The van der Waals surface area contributed by atoms with Crippen LogP contribution < -0.4 is 16.0 Å². The molecule has 0 aliphatic carbocycles. The molecule has 0 rings (SSSR count). The number of rotatable bonds is 11. The molecule has 21 heavy (non-hydrogen) atoms. The molecular weight excluding hydrogens is 278 g/mol. The lowest BCUT2D eigenvalue weighted by Crippen LogP contribution is -2.46. The number of ether oxygens (including phenoxy) is 1. The predicted molar refractivity (Wildman–Crippen MR) is 77.0 cm³/mol. The highest BCUT2D eigenvalue weighted by Gasteiger charge is 2.18. The van der Waals surface area contributed by atoms with Gasteiger partial charge in [-0.15, -0.1) is 0 Å². The maximum Gasteiger partial charge on any atom is 0.326 e. The second kappa shape index (κ2) is 12.0. The van der Waals surface area contributed by atoms with Gasteiger partial charge < -0.3 is 25.8 Å². The average Bonchev–Trinajstić information content (AvgIpc) is 2.43. The van der Waals surface area contributed by atoms with Crippen molar-refractivity contribution in [1.29, 1.82) is 0 Å². The Morgan fingerprint density at radius 2 is 1.90 bits per heavy atom. The van der Waals surface area contributed by atoms with Gasteiger partial charge in [-0.1, -0.05) is 19.8 Å². The largest absolute Gasteiger partial charge is 0.480 e. The van der Waals surface area contributed by atoms with Crippen molar-refractivity contribution in [2.24, 2.45) is 0 Å². The molecule has 122 valence electrons. The first-order valence-corrected chi connectivity index (χ1v) is 7.04. The summed E-state index contributed by atoms with van der Waals surface area (Å²) in [4.78, 5) is 33.8. The Bertz CT molecular complexity index is 336. The molecule has 0 saturated carbocycles. The highest BCUT2D eigenvalue weighted by molar-refractivity contribution is 5.83. The SMILES string of the molecule is CCCC[C@H](NC(=O)NCCC(=O)NCCOC)C(=O)O. The van der Waals surface area contributed by atoms with Crippen molar-refractivity contribution in [3.63, 3.8) is 0 Å². The molecule has 3 amide bonds. The molecule has 0 radical (unpaired) electrons. The van der Waals surface area contributed by atoms with Gasteiger partial charge in [0.25, 0.3) is 0 Å². The van der Waals surface area contributed by atoms with E-state index in [1.807, 2.05) is 6.92 Å². The molecule has 8 heteroatoms. The van der Waals surface area contributed by atoms with Gasteiger partial charge >= 0.3 is 12.0 Å². The van der Waals surface area contributed by atoms with Crippen LogP contribution in [-0.4, -0.2) is 55.9 Å². The van der Waals surface area contributed by atoms with Gasteiger partial charge in [0.2, 0.25) is 5.91 Å². The van der Waals surface area contributed by atoms with Gasteiger partial charge in [-0.25, -0.2) is 9.59 Å². The normalized spacial score (nSPS) is 11.5. The molecule has 0 fully saturated rings. The third-order valence-electron chi connectivity index (χ3n) is 2.72. The molecule has 4 N–H and O–H groups in total. The molecule has 0 aromatic rings. The number of carbonyl (C=O) groups excluding carboxylic acids is 2. The van der Waals surface area contributed by atoms with Gasteiger partial charge in [-0.3, -0.25) is 4.79 Å². The minimum Gasteiger partial charge on any atom is -0.480 e. The smallest absolute Gasteiger partial charge is 0.326 e. The molecule has 0 aliphatic rings. The van der Waals surface area contributed by atoms with E-state index in [0.717, 1.165) is 12.8 Å². The number of hydrogen-bond acceptors (Lipinski definition) is 4. The maximum atomic E-state index is 11.5. The molecule has 0 aromatic carbocycles. The van der Waals surface area contributed by atoms with Gasteiger partial charge in [-0.2, -0.15) is 0 Å². The minimum absolute atomic E-state index is 0.129. The topological polar surface area (TPSA) is 117 Å². The van der Waals surface area contributed by atoms with Crippen molar-refractivity contribution >= 4 is 17.9 Å². The van der Waals surface area contributed by atoms with E-state index in [9.17, 15) is 14.4 Å². The Morgan fingerprint density at radius 3 is 2.48 bits per heavy atom. The molecule has 0 bridgehead atoms. The zero-order chi connectivity index (χ0) is 16.1. The fourth-order valence-corrected chi connectivity index (χ4v) is 1.55. The average molecular weight is 303 g/mol. The lowest BCUT2D eigenvalue weighted by atomic mass is 10.1. The Hall–Kier alpha value is -1.83. The number of carboxylic acids is 1. The van der Waals surface area contributed by atoms with Crippen molar-refractivity contribution in [3.05, 3.63) is 0 Å². The third kappa shape index (κ3) is 10.6. The Kier molecular flexibility index (Phi) is 10.9. The van der Waals surface area contributed by atoms with Crippen molar-refractivity contribution in [2.45, 2.75) is 38.6 Å². The van der Waals surface area contributed by atoms with Gasteiger partial charge in [0.1, 0.15) is 6.04 Å². The molecule has 0 unspecified atom stereocenters. The molecule has 0 aromatic heterocycles. The fourth-order valence-electron chi connectivity index (χ4n) is 1.55. The van der Waals surface area contributed by atoms with Gasteiger partial charge in [-0.05, 0) is 6.42 Å². The number of carboxylic acid groups (broad SMARTS) is 1. The highest BCUT2D eigenvalue weighted by atomic mass is 16.5. The second-order valence-corrected chi connectivity index (χ2v) is 4.53. The first-order chi connectivity index (χ1) is 10.0. The molecule has 8 nitrogen and oxygen atoms in total. The zero-order valence-corrected chi connectivity index (χ0v) is 12.6. The van der Waals surface area contributed by atoms with Crippen LogP contribution in [-0.2, 0) is 14.3 Å². The summed E-state index contributed by atoms with van der Waals surface area (Å²) in [6, 6.07) is -1.48. The van der Waals surface area contributed by atoms with Crippen LogP contribution in [0.15, 0.2) is 0 Å². The number of carbonyl (C=O) groups is 3. The first kappa shape index (κ1) is 19.2. The summed E-state index contributed by atoms with van der Waals surface area (Å²) in [5.74, 6) is -1.26. The second-order valence-electron chi connectivity index (χ2n) is 4.53. The zero-order valence-electron chi connectivity index (χ0n) is 12.6. The van der Waals surface area contributed by atoms with Crippen LogP contribution in [0.1, 0.15) is 32.6 Å². The van der Waals surface area contributed by atoms with Crippen molar-refractivity contribution in [1.82, 2.24) is 16.0 Å². The lowest BCUT2D eigenvalue weighted by Gasteiger charge is -2.14. The van der Waals surface area contributed by atoms with E-state index in [2.05, 4.69) is 16.0 Å². The number of amides is 3. The first-order valence-electron chi connectivity index (χ1n) is 7.04. The van der Waals surface area contributed by atoms with E-state index in [0.29, 0.717) is 19.6 Å². The number of methoxy groups -OCH3 is 1. The summed E-state index contributed by atoms with van der Waals surface area (Å²) >= 11 is 0. The number of nitrogens with one attached hydrogen (secondary N) is 3. The summed E-state index contributed by atoms with van der Waals surface area (Å²) in [6.45, 7) is 2.93. The van der Waals surface area contributed by atoms with Crippen LogP contribution in [0.25, 0.3) is 0 Å². The van der Waals surface area contributed by atoms with Crippen LogP contribution in [0.5, 0.6) is 0 Å². The summed E-state index contributed by atoms with van der Waals surface area (Å²) in [5.41, 5.74) is 0. The molecular formula is C13H25N3O5. The minimum atomic E-state index is -1.06. The van der Waals surface area contributed by atoms with Crippen molar-refractivity contribution in [3.8, 4) is 0 Å². The third-order valence-corrected chi connectivity index (χ3v) is 2.72. The predicted octanol–water partition coefficient (Wildman–Crippen LogP) is 0.0817. The van der Waals surface area contributed by atoms with Gasteiger partial charge in [0.05, 0.1) is 6.61 Å². The van der Waals surface area contributed by atoms with Crippen molar-refractivity contribution in [2.75, 3.05) is 26.8 Å². The van der Waals surface area contributed by atoms with Crippen LogP contribution in [0, 0.1) is 0 Å². The summed E-state index contributed by atoms with van der Waals surface area (Å²) in [5, 5.41) is 16.4. The van der Waals surface area contributed by atoms with E-state index in [1.165, 1.54) is 7.11 Å². The standard InChI is InChI=1S/C13H25N3O5/c1-3-4-5-10(12(18)19)16-13(20)15-7-6-11(17)14-8-9-21-2/h10H,3-9H2,1-2H3,(H,14,17)(H,18,19)(H2,15,16,20)/t10-/m0/s1. The maximum absolute atomic E-state index is 11.5. The number of unbranched alkanes of at least 4 members (excludes halogenated alkanes) is 1. The number of urea groups is 1. The molecule has 1 atom stereocenters. The van der Waals surface area contributed by atoms with Gasteiger partial charge in [0.15, 0.2) is 0 Å². The fraction of sp³-hybridized carbons (Fsp3) is 0.769. The van der Waals surface area contributed by atoms with Crippen LogP contribution in [0.4, 0.5) is 4.79 Å². The van der Waals surface area contributed by atoms with Crippen LogP contribution >= 0.6 is 0 Å². The Balaban J connectivity index is 3.86. The summed E-state index contributed by atoms with van der Waals surface area (Å²) in [7, 11) is 1.54. The molecule has 0 saturated heterocycles. The van der Waals surface area contributed by atoms with Gasteiger partial charge in [0, 0.05) is 26.6 Å². The molecule has 0 spiro atoms. The van der Waals surface area contributed by atoms with Crippen molar-refractivity contribution < 1.29 is 24.2 Å². The van der Waals surface area contributed by atoms with E-state index in [-0.39, 0.29) is 18.9 Å². The van der Waals surface area contributed by atoms with E-state index < -0.39 is 18.0 Å². The number of hydrogen-bond donors (Lipinski definition) is 4. The highest BCUT2D eigenvalue weighted by Crippen LogP contribution is 2.00. The summed E-state index contributed by atoms with van der Waals surface area (Å²) in [6.07, 6.45) is 2.09. The summed E-state index contributed by atoms with van der Waals surface area (Å²) < 4.78 is 4.78. The molecule has 0 heterocycles. The van der Waals surface area contributed by atoms with Crippen LogP contribution in [0.3, 0.4) is 0 Å². The number of aliphatic carboxylic acids is 1. The monoisotopic (exact) mass is 303 g/mol. The van der Waals surface area contributed by atoms with E-state index >= 15 is 0 Å².